The van der Waals surface area contributed by atoms with Gasteiger partial charge in [0, 0.05) is 12.1 Å². The van der Waals surface area contributed by atoms with Crippen LogP contribution in [0.15, 0.2) is 42.5 Å². The van der Waals surface area contributed by atoms with Crippen LogP contribution in [0.2, 0.25) is 0 Å². The van der Waals surface area contributed by atoms with Crippen molar-refractivity contribution in [2.75, 3.05) is 14.2 Å². The van der Waals surface area contributed by atoms with Crippen molar-refractivity contribution < 1.29 is 18.7 Å². The summed E-state index contributed by atoms with van der Waals surface area (Å²) in [5, 5.41) is 2.76. The van der Waals surface area contributed by atoms with Crippen LogP contribution >= 0.6 is 0 Å². The van der Waals surface area contributed by atoms with Gasteiger partial charge in [-0.2, -0.15) is 0 Å². The molecule has 0 unspecified atom stereocenters. The highest BCUT2D eigenvalue weighted by atomic mass is 19.1. The van der Waals surface area contributed by atoms with Crippen molar-refractivity contribution in [2.24, 2.45) is 0 Å². The van der Waals surface area contributed by atoms with E-state index in [0.29, 0.717) is 17.1 Å². The van der Waals surface area contributed by atoms with E-state index < -0.39 is 0 Å². The molecule has 1 amide bonds. The summed E-state index contributed by atoms with van der Waals surface area (Å²) in [6.45, 7) is 0.285. The van der Waals surface area contributed by atoms with E-state index in [1.807, 2.05) is 0 Å². The van der Waals surface area contributed by atoms with Crippen molar-refractivity contribution in [2.45, 2.75) is 13.0 Å². The first-order valence-corrected chi connectivity index (χ1v) is 6.85. The third-order valence-electron chi connectivity index (χ3n) is 3.27. The number of hydrogen-bond donors (Lipinski definition) is 1. The number of carbonyl (C=O) groups is 1. The summed E-state index contributed by atoms with van der Waals surface area (Å²) in [5.74, 6) is 0.706. The SMILES string of the molecule is COc1ccc(OC)c(CNC(=O)Cc2ccccc2F)c1. The van der Waals surface area contributed by atoms with E-state index in [-0.39, 0.29) is 24.7 Å². The minimum Gasteiger partial charge on any atom is -0.497 e. The molecule has 0 aromatic heterocycles. The van der Waals surface area contributed by atoms with E-state index >= 15 is 0 Å². The third-order valence-corrected chi connectivity index (χ3v) is 3.27. The summed E-state index contributed by atoms with van der Waals surface area (Å²) in [6, 6.07) is 11.6. The molecule has 1 N–H and O–H groups in total. The Bertz CT molecular complexity index is 658. The van der Waals surface area contributed by atoms with Crippen LogP contribution < -0.4 is 14.8 Å². The first kappa shape index (κ1) is 15.8. The lowest BCUT2D eigenvalue weighted by Gasteiger charge is -2.11. The number of carbonyl (C=O) groups excluding carboxylic acids is 1. The van der Waals surface area contributed by atoms with Gasteiger partial charge in [-0.05, 0) is 29.8 Å². The second kappa shape index (κ2) is 7.45. The maximum Gasteiger partial charge on any atom is 0.224 e. The molecule has 4 nitrogen and oxygen atoms in total. The van der Waals surface area contributed by atoms with Gasteiger partial charge in [-0.3, -0.25) is 4.79 Å². The molecule has 0 aliphatic carbocycles. The van der Waals surface area contributed by atoms with Crippen molar-refractivity contribution in [1.82, 2.24) is 5.32 Å². The molecule has 2 rings (SSSR count). The van der Waals surface area contributed by atoms with Crippen LogP contribution in [0.25, 0.3) is 0 Å². The number of hydrogen-bond acceptors (Lipinski definition) is 3. The lowest BCUT2D eigenvalue weighted by molar-refractivity contribution is -0.120. The first-order chi connectivity index (χ1) is 10.6. The van der Waals surface area contributed by atoms with Crippen LogP contribution in [-0.2, 0) is 17.8 Å². The number of amides is 1. The van der Waals surface area contributed by atoms with Crippen molar-refractivity contribution in [3.8, 4) is 11.5 Å². The van der Waals surface area contributed by atoms with E-state index in [0.717, 1.165) is 5.56 Å². The maximum absolute atomic E-state index is 13.5. The van der Waals surface area contributed by atoms with Gasteiger partial charge in [-0.1, -0.05) is 18.2 Å². The van der Waals surface area contributed by atoms with Crippen molar-refractivity contribution >= 4 is 5.91 Å². The summed E-state index contributed by atoms with van der Waals surface area (Å²) < 4.78 is 23.9. The topological polar surface area (TPSA) is 47.6 Å². The molecule has 0 heterocycles. The fourth-order valence-electron chi connectivity index (χ4n) is 2.09. The number of rotatable bonds is 6. The van der Waals surface area contributed by atoms with Crippen LogP contribution in [0.4, 0.5) is 4.39 Å². The highest BCUT2D eigenvalue weighted by molar-refractivity contribution is 5.78. The largest absolute Gasteiger partial charge is 0.497 e. The van der Waals surface area contributed by atoms with E-state index in [2.05, 4.69) is 5.32 Å². The maximum atomic E-state index is 13.5. The Morgan fingerprint density at radius 3 is 2.55 bits per heavy atom. The molecular formula is C17H18FNO3. The Balaban J connectivity index is 2.00. The van der Waals surface area contributed by atoms with Crippen molar-refractivity contribution in [3.63, 3.8) is 0 Å². The standard InChI is InChI=1S/C17H18FNO3/c1-21-14-7-8-16(22-2)13(9-14)11-19-17(20)10-12-5-3-4-6-15(12)18/h3-9H,10-11H2,1-2H3,(H,19,20). The first-order valence-electron chi connectivity index (χ1n) is 6.85. The minimum absolute atomic E-state index is 0.00103. The molecule has 0 bridgehead atoms. The summed E-state index contributed by atoms with van der Waals surface area (Å²) >= 11 is 0. The molecule has 0 radical (unpaired) electrons. The molecule has 116 valence electrons. The van der Waals surface area contributed by atoms with Gasteiger partial charge in [-0.15, -0.1) is 0 Å². The molecule has 2 aromatic carbocycles. The van der Waals surface area contributed by atoms with Crippen LogP contribution in [0.3, 0.4) is 0 Å². The predicted octanol–water partition coefficient (Wildman–Crippen LogP) is 2.70. The van der Waals surface area contributed by atoms with Gasteiger partial charge in [-0.25, -0.2) is 4.39 Å². The zero-order valence-electron chi connectivity index (χ0n) is 12.6. The molecule has 0 fully saturated rings. The Morgan fingerprint density at radius 1 is 1.09 bits per heavy atom. The van der Waals surface area contributed by atoms with E-state index in [1.54, 1.807) is 50.6 Å². The van der Waals surface area contributed by atoms with Crippen LogP contribution in [-0.4, -0.2) is 20.1 Å². The Labute approximate surface area is 128 Å². The van der Waals surface area contributed by atoms with E-state index in [9.17, 15) is 9.18 Å². The van der Waals surface area contributed by atoms with Crippen LogP contribution in [0.1, 0.15) is 11.1 Å². The quantitative estimate of drug-likeness (QED) is 0.892. The van der Waals surface area contributed by atoms with Gasteiger partial charge in [0.2, 0.25) is 5.91 Å². The van der Waals surface area contributed by atoms with Gasteiger partial charge in [0.25, 0.3) is 0 Å². The number of halogens is 1. The third kappa shape index (κ3) is 3.97. The molecule has 22 heavy (non-hydrogen) atoms. The molecule has 0 saturated carbocycles. The average molecular weight is 303 g/mol. The molecular weight excluding hydrogens is 285 g/mol. The van der Waals surface area contributed by atoms with Gasteiger partial charge >= 0.3 is 0 Å². The summed E-state index contributed by atoms with van der Waals surface area (Å²) in [7, 11) is 3.13. The Hall–Kier alpha value is -2.56. The van der Waals surface area contributed by atoms with Crippen molar-refractivity contribution in [1.29, 1.82) is 0 Å². The monoisotopic (exact) mass is 303 g/mol. The second-order valence-electron chi connectivity index (χ2n) is 4.72. The molecule has 2 aromatic rings. The molecule has 0 spiro atoms. The fraction of sp³-hybridized carbons (Fsp3) is 0.235. The normalized spacial score (nSPS) is 10.1. The molecule has 0 aliphatic rings. The molecule has 0 saturated heterocycles. The average Bonchev–Trinajstić information content (AvgIpc) is 2.54. The van der Waals surface area contributed by atoms with E-state index in [1.165, 1.54) is 6.07 Å². The highest BCUT2D eigenvalue weighted by Crippen LogP contribution is 2.23. The second-order valence-corrected chi connectivity index (χ2v) is 4.72. The van der Waals surface area contributed by atoms with Gasteiger partial charge in [0.1, 0.15) is 17.3 Å². The molecule has 0 atom stereocenters. The zero-order chi connectivity index (χ0) is 15.9. The Kier molecular flexibility index (Phi) is 5.36. The molecule has 0 aliphatic heterocycles. The fourth-order valence-corrected chi connectivity index (χ4v) is 2.09. The summed E-state index contributed by atoms with van der Waals surface area (Å²) in [4.78, 5) is 11.9. The van der Waals surface area contributed by atoms with Gasteiger partial charge in [0.05, 0.1) is 20.6 Å². The number of ether oxygens (including phenoxy) is 2. The predicted molar refractivity (Wildman–Crippen MR) is 81.5 cm³/mol. The lowest BCUT2D eigenvalue weighted by Crippen LogP contribution is -2.25. The van der Waals surface area contributed by atoms with Crippen molar-refractivity contribution in [3.05, 3.63) is 59.4 Å². The highest BCUT2D eigenvalue weighted by Gasteiger charge is 2.10. The zero-order valence-corrected chi connectivity index (χ0v) is 12.6. The lowest BCUT2D eigenvalue weighted by atomic mass is 10.1. The summed E-state index contributed by atoms with van der Waals surface area (Å²) in [5.41, 5.74) is 1.17. The van der Waals surface area contributed by atoms with Crippen LogP contribution in [0.5, 0.6) is 11.5 Å². The smallest absolute Gasteiger partial charge is 0.224 e. The van der Waals surface area contributed by atoms with Gasteiger partial charge < -0.3 is 14.8 Å². The number of methoxy groups -OCH3 is 2. The number of benzene rings is 2. The minimum atomic E-state index is -0.378. The number of nitrogens with one attached hydrogen (secondary N) is 1. The van der Waals surface area contributed by atoms with Crippen LogP contribution in [0, 0.1) is 5.82 Å². The summed E-state index contributed by atoms with van der Waals surface area (Å²) in [6.07, 6.45) is -0.00103. The van der Waals surface area contributed by atoms with E-state index in [4.69, 9.17) is 9.47 Å². The molecule has 5 heteroatoms. The Morgan fingerprint density at radius 2 is 1.86 bits per heavy atom. The van der Waals surface area contributed by atoms with Gasteiger partial charge in [0.15, 0.2) is 0 Å².